The van der Waals surface area contributed by atoms with Crippen LogP contribution < -0.4 is 16.8 Å². The molecule has 1 amide bonds. The molecule has 0 saturated carbocycles. The van der Waals surface area contributed by atoms with Crippen molar-refractivity contribution in [2.75, 3.05) is 17.7 Å². The minimum Gasteiger partial charge on any atom is -0.395 e. The number of rotatable bonds is 5. The number of aromatic amines is 1. The number of H-pyrrole nitrogens is 1. The molecule has 3 aromatic heterocycles. The lowest BCUT2D eigenvalue weighted by Crippen LogP contribution is -2.42. The highest BCUT2D eigenvalue weighted by Crippen LogP contribution is 2.37. The van der Waals surface area contributed by atoms with Crippen LogP contribution in [0.2, 0.25) is 0 Å². The molecule has 1 aliphatic rings. The van der Waals surface area contributed by atoms with Crippen molar-refractivity contribution in [2.45, 2.75) is 38.1 Å². The maximum Gasteiger partial charge on any atom is 0.414 e. The number of aryl methyl sites for hydroxylation is 1. The molecule has 38 heavy (non-hydrogen) atoms. The minimum absolute atomic E-state index is 0.0147. The summed E-state index contributed by atoms with van der Waals surface area (Å²) in [5, 5.41) is 10.5. The highest BCUT2D eigenvalue weighted by Gasteiger charge is 2.44. The molecule has 14 heteroatoms. The first-order chi connectivity index (χ1) is 18.0. The Labute approximate surface area is 212 Å². The van der Waals surface area contributed by atoms with E-state index in [1.807, 2.05) is 13.0 Å². The maximum atomic E-state index is 14.4. The summed E-state index contributed by atoms with van der Waals surface area (Å²) in [6, 6.07) is 4.01. The Kier molecular flexibility index (Phi) is 6.34. The summed E-state index contributed by atoms with van der Waals surface area (Å²) >= 11 is 0. The molecule has 0 bridgehead atoms. The van der Waals surface area contributed by atoms with E-state index in [1.54, 1.807) is 12.3 Å². The quantitative estimate of drug-likeness (QED) is 0.284. The summed E-state index contributed by atoms with van der Waals surface area (Å²) in [6.45, 7) is 1.69. The fourth-order valence-corrected chi connectivity index (χ4v) is 4.48. The Morgan fingerprint density at radius 2 is 2.03 bits per heavy atom. The van der Waals surface area contributed by atoms with Crippen LogP contribution in [0.1, 0.15) is 28.9 Å². The van der Waals surface area contributed by atoms with Crippen LogP contribution in [0.3, 0.4) is 0 Å². The number of hydrogen-bond acceptors (Lipinski definition) is 8. The molecular formula is C24H22F4N8O2. The van der Waals surface area contributed by atoms with Gasteiger partial charge in [0.25, 0.3) is 5.91 Å². The maximum absolute atomic E-state index is 14.4. The zero-order valence-electron chi connectivity index (χ0n) is 19.9. The van der Waals surface area contributed by atoms with E-state index in [9.17, 15) is 22.4 Å². The molecule has 0 aliphatic carbocycles. The van der Waals surface area contributed by atoms with Crippen LogP contribution in [0.25, 0.3) is 33.5 Å². The van der Waals surface area contributed by atoms with Gasteiger partial charge in [0.05, 0.1) is 34.9 Å². The first-order valence-electron chi connectivity index (χ1n) is 11.5. The van der Waals surface area contributed by atoms with E-state index in [-0.39, 0.29) is 53.7 Å². The zero-order chi connectivity index (χ0) is 27.2. The molecule has 0 spiro atoms. The third-order valence-corrected chi connectivity index (χ3v) is 6.33. The van der Waals surface area contributed by atoms with Gasteiger partial charge in [-0.25, -0.2) is 19.3 Å². The first-order valence-corrected chi connectivity index (χ1v) is 11.5. The number of nitrogens with two attached hydrogens (primary N) is 2. The van der Waals surface area contributed by atoms with Crippen molar-refractivity contribution in [2.24, 2.45) is 5.73 Å². The number of aromatic nitrogens is 5. The lowest BCUT2D eigenvalue weighted by Gasteiger charge is -2.31. The second-order valence-corrected chi connectivity index (χ2v) is 8.93. The number of nitrogens with one attached hydrogen (secondary N) is 2. The molecule has 4 aromatic rings. The number of carbonyl (C=O) groups is 1. The Bertz CT molecular complexity index is 1540. The van der Waals surface area contributed by atoms with Gasteiger partial charge in [0.2, 0.25) is 0 Å². The minimum atomic E-state index is -4.53. The van der Waals surface area contributed by atoms with Crippen LogP contribution >= 0.6 is 0 Å². The van der Waals surface area contributed by atoms with E-state index in [2.05, 4.69) is 30.5 Å². The van der Waals surface area contributed by atoms with Crippen LogP contribution in [0.5, 0.6) is 0 Å². The molecule has 10 nitrogen and oxygen atoms in total. The van der Waals surface area contributed by atoms with Gasteiger partial charge >= 0.3 is 6.18 Å². The van der Waals surface area contributed by atoms with Gasteiger partial charge < -0.3 is 21.5 Å². The number of nitrogen functional groups attached to an aromatic ring is 1. The summed E-state index contributed by atoms with van der Waals surface area (Å²) in [7, 11) is 0. The molecule has 0 radical (unpaired) electrons. The van der Waals surface area contributed by atoms with Crippen molar-refractivity contribution in [3.05, 3.63) is 47.7 Å². The fourth-order valence-electron chi connectivity index (χ4n) is 4.48. The van der Waals surface area contributed by atoms with Gasteiger partial charge in [0, 0.05) is 30.0 Å². The molecule has 6 N–H and O–H groups in total. The van der Waals surface area contributed by atoms with Gasteiger partial charge in [-0.1, -0.05) is 6.07 Å². The number of alkyl halides is 3. The van der Waals surface area contributed by atoms with E-state index >= 15 is 0 Å². The van der Waals surface area contributed by atoms with Gasteiger partial charge in [-0.3, -0.25) is 9.89 Å². The molecular weight excluding hydrogens is 508 g/mol. The predicted octanol–water partition coefficient (Wildman–Crippen LogP) is 3.73. The average molecular weight is 530 g/mol. The SMILES string of the molecule is Cc1ccc2[nH]ncc2c1-c1nc(-c2cc(F)cnc2NC2CCOC(C(F)(F)F)C2)nc(C(N)=O)c1N. The molecule has 2 atom stereocenters. The van der Waals surface area contributed by atoms with Crippen LogP contribution in [0.15, 0.2) is 30.6 Å². The Hall–Kier alpha value is -4.33. The molecule has 1 aliphatic heterocycles. The highest BCUT2D eigenvalue weighted by atomic mass is 19.4. The average Bonchev–Trinajstić information content (AvgIpc) is 3.34. The zero-order valence-corrected chi connectivity index (χ0v) is 19.9. The Morgan fingerprint density at radius 3 is 2.76 bits per heavy atom. The number of nitrogens with zero attached hydrogens (tertiary/aromatic N) is 4. The predicted molar refractivity (Wildman–Crippen MR) is 130 cm³/mol. The second kappa shape index (κ2) is 9.52. The molecule has 198 valence electrons. The number of pyridine rings is 1. The van der Waals surface area contributed by atoms with Crippen molar-refractivity contribution < 1.29 is 27.1 Å². The van der Waals surface area contributed by atoms with Crippen molar-refractivity contribution in [3.8, 4) is 22.6 Å². The number of amides is 1. The number of anilines is 2. The largest absolute Gasteiger partial charge is 0.414 e. The number of hydrogen-bond donors (Lipinski definition) is 4. The molecule has 5 rings (SSSR count). The van der Waals surface area contributed by atoms with Crippen LogP contribution in [-0.2, 0) is 4.74 Å². The number of benzene rings is 1. The summed E-state index contributed by atoms with van der Waals surface area (Å²) in [4.78, 5) is 25.1. The molecule has 1 saturated heterocycles. The summed E-state index contributed by atoms with van der Waals surface area (Å²) in [6.07, 6.45) is -4.11. The van der Waals surface area contributed by atoms with Crippen molar-refractivity contribution in [1.82, 2.24) is 25.1 Å². The van der Waals surface area contributed by atoms with Crippen LogP contribution in [0, 0.1) is 12.7 Å². The number of carbonyl (C=O) groups excluding carboxylic acids is 1. The highest BCUT2D eigenvalue weighted by molar-refractivity contribution is 6.04. The normalized spacial score (nSPS) is 18.0. The lowest BCUT2D eigenvalue weighted by molar-refractivity contribution is -0.230. The van der Waals surface area contributed by atoms with Crippen molar-refractivity contribution in [1.29, 1.82) is 0 Å². The van der Waals surface area contributed by atoms with Gasteiger partial charge in [0.1, 0.15) is 11.6 Å². The Balaban J connectivity index is 1.64. The second-order valence-electron chi connectivity index (χ2n) is 8.93. The summed E-state index contributed by atoms with van der Waals surface area (Å²) < 4.78 is 58.9. The summed E-state index contributed by atoms with van der Waals surface area (Å²) in [5.41, 5.74) is 13.6. The number of ether oxygens (including phenoxy) is 1. The summed E-state index contributed by atoms with van der Waals surface area (Å²) in [5.74, 6) is -1.80. The number of fused-ring (bicyclic) bond motifs is 1. The van der Waals surface area contributed by atoms with Gasteiger partial charge in [-0.15, -0.1) is 0 Å². The third kappa shape index (κ3) is 4.69. The van der Waals surface area contributed by atoms with Crippen molar-refractivity contribution in [3.63, 3.8) is 0 Å². The molecule has 2 unspecified atom stereocenters. The topological polar surface area (TPSA) is 158 Å². The van der Waals surface area contributed by atoms with Crippen LogP contribution in [-0.4, -0.2) is 56.0 Å². The van der Waals surface area contributed by atoms with E-state index in [0.717, 1.165) is 17.8 Å². The monoisotopic (exact) mass is 530 g/mol. The lowest BCUT2D eigenvalue weighted by atomic mass is 9.99. The molecule has 1 fully saturated rings. The smallest absolute Gasteiger partial charge is 0.395 e. The van der Waals surface area contributed by atoms with E-state index in [4.69, 9.17) is 16.2 Å². The number of primary amides is 1. The standard InChI is InChI=1S/C24H22F4N8O2/c1-10-2-3-15-14(9-32-36-15)17(10)19-18(29)20(21(30)37)35-23(34-19)13-6-11(25)8-31-22(13)33-12-4-5-38-16(7-12)24(26,27)28/h2-3,6,8-9,12,16H,4-5,7,29H2,1H3,(H2,30,37)(H,31,33)(H,32,36). The molecule has 1 aromatic carbocycles. The fraction of sp³-hybridized carbons (Fsp3) is 0.292. The van der Waals surface area contributed by atoms with Crippen LogP contribution in [0.4, 0.5) is 29.1 Å². The first kappa shape index (κ1) is 25.3. The van der Waals surface area contributed by atoms with Crippen molar-refractivity contribution >= 4 is 28.3 Å². The third-order valence-electron chi connectivity index (χ3n) is 6.33. The van der Waals surface area contributed by atoms with E-state index in [1.165, 1.54) is 0 Å². The van der Waals surface area contributed by atoms with Gasteiger partial charge in [0.15, 0.2) is 17.6 Å². The van der Waals surface area contributed by atoms with E-state index < -0.39 is 30.0 Å². The molecule has 4 heterocycles. The number of halogens is 4. The van der Waals surface area contributed by atoms with E-state index in [0.29, 0.717) is 16.5 Å². The van der Waals surface area contributed by atoms with Gasteiger partial charge in [-0.2, -0.15) is 18.3 Å². The Morgan fingerprint density at radius 1 is 1.24 bits per heavy atom. The van der Waals surface area contributed by atoms with Gasteiger partial charge in [-0.05, 0) is 31.0 Å².